The van der Waals surface area contributed by atoms with Crippen LogP contribution in [0.3, 0.4) is 0 Å². The second-order valence-electron chi connectivity index (χ2n) is 9.42. The molecule has 0 radical (unpaired) electrons. The van der Waals surface area contributed by atoms with E-state index in [2.05, 4.69) is 5.32 Å². The fourth-order valence-electron chi connectivity index (χ4n) is 5.20. The molecule has 1 aliphatic heterocycles. The third kappa shape index (κ3) is 4.34. The number of halogens is 1. The molecule has 2 amide bonds. The Bertz CT molecular complexity index is 1310. The highest BCUT2D eigenvalue weighted by molar-refractivity contribution is 6.30. The summed E-state index contributed by atoms with van der Waals surface area (Å²) in [5.74, 6) is -0.462. The lowest BCUT2D eigenvalue weighted by Crippen LogP contribution is -2.53. The minimum Gasteiger partial charge on any atom is -0.379 e. The molecule has 2 fully saturated rings. The molecule has 35 heavy (non-hydrogen) atoms. The first-order valence-corrected chi connectivity index (χ1v) is 12.2. The number of nitrogens with one attached hydrogen (secondary N) is 1. The van der Waals surface area contributed by atoms with Crippen molar-refractivity contribution in [3.63, 3.8) is 0 Å². The highest BCUT2D eigenvalue weighted by Crippen LogP contribution is 2.46. The van der Waals surface area contributed by atoms with E-state index in [1.54, 1.807) is 22.8 Å². The van der Waals surface area contributed by atoms with Crippen molar-refractivity contribution >= 4 is 40.1 Å². The number of nitrogens with zero attached hydrogens (tertiary/aromatic N) is 2. The minimum atomic E-state index is -0.724. The minimum absolute atomic E-state index is 0.0352. The SMILES string of the molecule is CO[C@@H]1CCN(C(=O)Cn2cc(C(C)=O)c3ccccc32)[C@@H]1C(=O)NC1(c2cccc(Cl)c2)CC1. The molecule has 1 aliphatic carbocycles. The normalized spacial score (nSPS) is 20.7. The number of aromatic nitrogens is 1. The average Bonchev–Trinajstić information content (AvgIpc) is 3.34. The number of ether oxygens (including phenoxy) is 1. The Hall–Kier alpha value is -3.16. The Balaban J connectivity index is 1.38. The van der Waals surface area contributed by atoms with E-state index in [9.17, 15) is 14.4 Å². The van der Waals surface area contributed by atoms with Gasteiger partial charge >= 0.3 is 0 Å². The highest BCUT2D eigenvalue weighted by Gasteiger charge is 2.50. The Morgan fingerprint density at radius 2 is 1.91 bits per heavy atom. The van der Waals surface area contributed by atoms with Crippen LogP contribution in [0.25, 0.3) is 10.9 Å². The summed E-state index contributed by atoms with van der Waals surface area (Å²) in [6.45, 7) is 1.98. The molecule has 182 valence electrons. The number of amides is 2. The number of ketones is 1. The molecule has 0 unspecified atom stereocenters. The molecule has 1 N–H and O–H groups in total. The molecule has 0 spiro atoms. The summed E-state index contributed by atoms with van der Waals surface area (Å²) < 4.78 is 7.40. The van der Waals surface area contributed by atoms with Crippen LogP contribution in [0.4, 0.5) is 0 Å². The second-order valence-corrected chi connectivity index (χ2v) is 9.86. The lowest BCUT2D eigenvalue weighted by molar-refractivity contribution is -0.142. The van der Waals surface area contributed by atoms with Crippen LogP contribution < -0.4 is 5.32 Å². The molecule has 1 saturated heterocycles. The van der Waals surface area contributed by atoms with Crippen molar-refractivity contribution in [2.24, 2.45) is 0 Å². The molecule has 3 aromatic rings. The van der Waals surface area contributed by atoms with Gasteiger partial charge in [0.15, 0.2) is 5.78 Å². The molecule has 2 aromatic carbocycles. The van der Waals surface area contributed by atoms with Gasteiger partial charge < -0.3 is 19.5 Å². The van der Waals surface area contributed by atoms with Gasteiger partial charge in [0.05, 0.1) is 11.6 Å². The average molecular weight is 494 g/mol. The number of hydrogen-bond acceptors (Lipinski definition) is 4. The van der Waals surface area contributed by atoms with E-state index < -0.39 is 11.6 Å². The molecule has 2 atom stereocenters. The van der Waals surface area contributed by atoms with Crippen molar-refractivity contribution in [2.45, 2.75) is 50.4 Å². The van der Waals surface area contributed by atoms with E-state index in [-0.39, 0.29) is 30.2 Å². The maximum absolute atomic E-state index is 13.5. The van der Waals surface area contributed by atoms with Crippen molar-refractivity contribution in [2.75, 3.05) is 13.7 Å². The van der Waals surface area contributed by atoms with Gasteiger partial charge in [-0.3, -0.25) is 14.4 Å². The van der Waals surface area contributed by atoms with Crippen LogP contribution in [0, 0.1) is 0 Å². The number of likely N-dealkylation sites (tertiary alicyclic amines) is 1. The third-order valence-corrected chi connectivity index (χ3v) is 7.43. The first kappa shape index (κ1) is 23.6. The van der Waals surface area contributed by atoms with Crippen LogP contribution in [-0.2, 0) is 26.4 Å². The number of carbonyl (C=O) groups excluding carboxylic acids is 3. The van der Waals surface area contributed by atoms with E-state index in [0.29, 0.717) is 23.6 Å². The monoisotopic (exact) mass is 493 g/mol. The molecule has 8 heteroatoms. The van der Waals surface area contributed by atoms with Gasteiger partial charge in [0, 0.05) is 41.3 Å². The molecule has 7 nitrogen and oxygen atoms in total. The van der Waals surface area contributed by atoms with Gasteiger partial charge in [-0.25, -0.2) is 0 Å². The fraction of sp³-hybridized carbons (Fsp3) is 0.370. The van der Waals surface area contributed by atoms with Crippen molar-refractivity contribution in [3.8, 4) is 0 Å². The molecule has 5 rings (SSSR count). The molecular weight excluding hydrogens is 466 g/mol. The van der Waals surface area contributed by atoms with Crippen LogP contribution in [0.15, 0.2) is 54.7 Å². The Labute approximate surface area is 209 Å². The van der Waals surface area contributed by atoms with E-state index in [4.69, 9.17) is 16.3 Å². The molecule has 1 saturated carbocycles. The van der Waals surface area contributed by atoms with Crippen LogP contribution in [-0.4, -0.2) is 52.9 Å². The number of rotatable bonds is 7. The zero-order valence-electron chi connectivity index (χ0n) is 19.8. The Morgan fingerprint density at radius 1 is 1.14 bits per heavy atom. The predicted octanol–water partition coefficient (Wildman–Crippen LogP) is 3.92. The quantitative estimate of drug-likeness (QED) is 0.506. The van der Waals surface area contributed by atoms with Gasteiger partial charge in [-0.2, -0.15) is 0 Å². The summed E-state index contributed by atoms with van der Waals surface area (Å²) >= 11 is 6.18. The largest absolute Gasteiger partial charge is 0.379 e. The highest BCUT2D eigenvalue weighted by atomic mass is 35.5. The van der Waals surface area contributed by atoms with Gasteiger partial charge in [-0.1, -0.05) is 41.9 Å². The number of hydrogen-bond donors (Lipinski definition) is 1. The first-order valence-electron chi connectivity index (χ1n) is 11.8. The van der Waals surface area contributed by atoms with Crippen LogP contribution in [0.2, 0.25) is 5.02 Å². The summed E-state index contributed by atoms with van der Waals surface area (Å²) in [4.78, 5) is 40.7. The first-order chi connectivity index (χ1) is 16.8. The molecule has 2 heterocycles. The number of fused-ring (bicyclic) bond motifs is 1. The Kier molecular flexibility index (Phi) is 6.15. The van der Waals surface area contributed by atoms with Crippen molar-refractivity contribution in [1.29, 1.82) is 0 Å². The Morgan fingerprint density at radius 3 is 2.60 bits per heavy atom. The lowest BCUT2D eigenvalue weighted by Gasteiger charge is -2.29. The zero-order chi connectivity index (χ0) is 24.7. The third-order valence-electron chi connectivity index (χ3n) is 7.20. The van der Waals surface area contributed by atoms with Crippen LogP contribution in [0.5, 0.6) is 0 Å². The van der Waals surface area contributed by atoms with Crippen molar-refractivity contribution in [1.82, 2.24) is 14.8 Å². The van der Waals surface area contributed by atoms with E-state index in [0.717, 1.165) is 29.3 Å². The number of para-hydroxylation sites is 1. The fourth-order valence-corrected chi connectivity index (χ4v) is 5.39. The summed E-state index contributed by atoms with van der Waals surface area (Å²) in [5, 5.41) is 4.63. The molecule has 0 bridgehead atoms. The zero-order valence-corrected chi connectivity index (χ0v) is 20.5. The summed E-state index contributed by atoms with van der Waals surface area (Å²) in [6, 6.07) is 14.3. The predicted molar refractivity (Wildman–Crippen MR) is 133 cm³/mol. The number of carbonyl (C=O) groups is 3. The van der Waals surface area contributed by atoms with Crippen molar-refractivity contribution < 1.29 is 19.1 Å². The van der Waals surface area contributed by atoms with E-state index in [1.165, 1.54) is 6.92 Å². The van der Waals surface area contributed by atoms with Gasteiger partial charge in [0.1, 0.15) is 12.6 Å². The van der Waals surface area contributed by atoms with Gasteiger partial charge in [-0.15, -0.1) is 0 Å². The smallest absolute Gasteiger partial charge is 0.246 e. The molecular formula is C27H28ClN3O4. The summed E-state index contributed by atoms with van der Waals surface area (Å²) in [6.07, 6.45) is 3.56. The maximum Gasteiger partial charge on any atom is 0.246 e. The topological polar surface area (TPSA) is 80.6 Å². The van der Waals surface area contributed by atoms with Gasteiger partial charge in [-0.05, 0) is 49.9 Å². The number of Topliss-reactive ketones (excluding diaryl/α,β-unsaturated/α-hetero) is 1. The number of benzene rings is 2. The summed E-state index contributed by atoms with van der Waals surface area (Å²) in [5.41, 5.74) is 1.91. The standard InChI is InChI=1S/C27H28ClN3O4/c1-17(32)21-15-30(22-9-4-3-8-20(21)22)16-24(33)31-13-10-23(35-2)25(31)26(34)29-27(11-12-27)18-6-5-7-19(28)14-18/h3-9,14-15,23,25H,10-13,16H2,1-2H3,(H,29,34)/t23-,25+/m1/s1. The lowest BCUT2D eigenvalue weighted by atomic mass is 10.0. The van der Waals surface area contributed by atoms with Gasteiger partial charge in [0.25, 0.3) is 0 Å². The summed E-state index contributed by atoms with van der Waals surface area (Å²) in [7, 11) is 1.57. The molecule has 2 aliphatic rings. The molecule has 1 aromatic heterocycles. The van der Waals surface area contributed by atoms with Crippen molar-refractivity contribution in [3.05, 3.63) is 70.9 Å². The second kappa shape index (κ2) is 9.13. The van der Waals surface area contributed by atoms with Gasteiger partial charge in [0.2, 0.25) is 11.8 Å². The van der Waals surface area contributed by atoms with E-state index >= 15 is 0 Å². The van der Waals surface area contributed by atoms with Crippen LogP contribution in [0.1, 0.15) is 42.1 Å². The van der Waals surface area contributed by atoms with E-state index in [1.807, 2.05) is 48.5 Å². The maximum atomic E-state index is 13.5. The van der Waals surface area contributed by atoms with Crippen LogP contribution >= 0.6 is 11.6 Å². The number of methoxy groups -OCH3 is 1.